The minimum atomic E-state index is 0.740. The predicted octanol–water partition coefficient (Wildman–Crippen LogP) is 2.12. The van der Waals surface area contributed by atoms with Crippen LogP contribution in [0.4, 0.5) is 0 Å². The third-order valence-corrected chi connectivity index (χ3v) is 1.74. The van der Waals surface area contributed by atoms with Crippen LogP contribution in [0.3, 0.4) is 0 Å². The van der Waals surface area contributed by atoms with Crippen molar-refractivity contribution >= 4 is 0 Å². The van der Waals surface area contributed by atoms with Crippen molar-refractivity contribution in [3.8, 4) is 0 Å². The molecule has 0 unspecified atom stereocenters. The third-order valence-electron chi connectivity index (χ3n) is 1.74. The van der Waals surface area contributed by atoms with Crippen LogP contribution < -0.4 is 0 Å². The smallest absolute Gasteiger partial charge is 0.0845 e. The van der Waals surface area contributed by atoms with Crippen LogP contribution in [0.15, 0.2) is 30.7 Å². The van der Waals surface area contributed by atoms with Gasteiger partial charge in [-0.25, -0.2) is 0 Å². The summed E-state index contributed by atoms with van der Waals surface area (Å²) < 4.78 is 7.19. The van der Waals surface area contributed by atoms with E-state index in [9.17, 15) is 0 Å². The van der Waals surface area contributed by atoms with E-state index in [0.717, 1.165) is 13.0 Å². The minimum Gasteiger partial charge on any atom is -0.502 e. The number of allylic oxidation sites excluding steroid dienone is 1. The van der Waals surface area contributed by atoms with Crippen LogP contribution >= 0.6 is 0 Å². The Morgan fingerprint density at radius 3 is 3.00 bits per heavy atom. The number of rotatable bonds is 4. The third kappa shape index (κ3) is 2.46. The fourth-order valence-corrected chi connectivity index (χ4v) is 1.04. The highest BCUT2D eigenvalue weighted by molar-refractivity contribution is 5.09. The topological polar surface area (TPSA) is 14.2 Å². The number of aromatic nitrogens is 1. The highest BCUT2D eigenvalue weighted by atomic mass is 16.5. The highest BCUT2D eigenvalue weighted by Gasteiger charge is 1.91. The van der Waals surface area contributed by atoms with Crippen LogP contribution in [0, 0.1) is 0 Å². The van der Waals surface area contributed by atoms with Crippen LogP contribution in [0.2, 0.25) is 0 Å². The first-order valence-electron chi connectivity index (χ1n) is 4.21. The Morgan fingerprint density at radius 1 is 1.58 bits per heavy atom. The van der Waals surface area contributed by atoms with Crippen LogP contribution in [0.5, 0.6) is 0 Å². The van der Waals surface area contributed by atoms with Crippen molar-refractivity contribution in [3.63, 3.8) is 0 Å². The van der Waals surface area contributed by atoms with Gasteiger partial charge < -0.3 is 9.30 Å². The molecule has 0 saturated carbocycles. The van der Waals surface area contributed by atoms with Crippen molar-refractivity contribution in [1.29, 1.82) is 0 Å². The van der Waals surface area contributed by atoms with E-state index in [-0.39, 0.29) is 0 Å². The number of hydrogen-bond donors (Lipinski definition) is 0. The molecule has 0 radical (unpaired) electrons. The molecule has 1 heterocycles. The standard InChI is InChI=1S/C10H15NO/c1-3-12-9-5-7-10-6-4-8-11(10)2/h4-6,8-9H,3,7H2,1-2H3/b9-5+. The molecule has 66 valence electrons. The van der Waals surface area contributed by atoms with Crippen molar-refractivity contribution in [2.24, 2.45) is 7.05 Å². The predicted molar refractivity (Wildman–Crippen MR) is 49.9 cm³/mol. The van der Waals surface area contributed by atoms with Crippen molar-refractivity contribution in [1.82, 2.24) is 4.57 Å². The summed E-state index contributed by atoms with van der Waals surface area (Å²) in [5.41, 5.74) is 1.30. The van der Waals surface area contributed by atoms with Crippen LogP contribution in [-0.4, -0.2) is 11.2 Å². The Hall–Kier alpha value is -1.18. The van der Waals surface area contributed by atoms with Crippen molar-refractivity contribution in [2.45, 2.75) is 13.3 Å². The molecule has 0 atom stereocenters. The lowest BCUT2D eigenvalue weighted by atomic mass is 10.3. The average molecular weight is 165 g/mol. The Morgan fingerprint density at radius 2 is 2.42 bits per heavy atom. The quantitative estimate of drug-likeness (QED) is 0.623. The highest BCUT2D eigenvalue weighted by Crippen LogP contribution is 2.00. The van der Waals surface area contributed by atoms with E-state index in [2.05, 4.69) is 10.6 Å². The summed E-state index contributed by atoms with van der Waals surface area (Å²) in [6.07, 6.45) is 6.76. The fourth-order valence-electron chi connectivity index (χ4n) is 1.04. The molecule has 12 heavy (non-hydrogen) atoms. The van der Waals surface area contributed by atoms with E-state index in [1.165, 1.54) is 5.69 Å². The first-order valence-corrected chi connectivity index (χ1v) is 4.21. The molecular formula is C10H15NO. The van der Waals surface area contributed by atoms with Gasteiger partial charge in [0.25, 0.3) is 0 Å². The van der Waals surface area contributed by atoms with E-state index in [1.54, 1.807) is 6.26 Å². The molecule has 0 aromatic carbocycles. The average Bonchev–Trinajstić information content (AvgIpc) is 2.46. The van der Waals surface area contributed by atoms with Gasteiger partial charge in [-0.05, 0) is 25.1 Å². The summed E-state index contributed by atoms with van der Waals surface area (Å²) >= 11 is 0. The minimum absolute atomic E-state index is 0.740. The van der Waals surface area contributed by atoms with Crippen LogP contribution in [0.25, 0.3) is 0 Å². The molecule has 0 aliphatic heterocycles. The van der Waals surface area contributed by atoms with Gasteiger partial charge in [0.1, 0.15) is 0 Å². The number of ether oxygens (including phenoxy) is 1. The number of nitrogens with zero attached hydrogens (tertiary/aromatic N) is 1. The molecule has 0 aliphatic carbocycles. The summed E-state index contributed by atoms with van der Waals surface area (Å²) in [5, 5.41) is 0. The molecular weight excluding hydrogens is 150 g/mol. The second-order valence-corrected chi connectivity index (χ2v) is 2.64. The Bertz CT molecular complexity index is 250. The number of aryl methyl sites for hydroxylation is 1. The summed E-state index contributed by atoms with van der Waals surface area (Å²) in [4.78, 5) is 0. The second kappa shape index (κ2) is 4.65. The van der Waals surface area contributed by atoms with Gasteiger partial charge in [-0.1, -0.05) is 0 Å². The van der Waals surface area contributed by atoms with Gasteiger partial charge in [-0.3, -0.25) is 0 Å². The molecule has 2 heteroatoms. The maximum absolute atomic E-state index is 5.08. The molecule has 1 aromatic heterocycles. The Balaban J connectivity index is 2.37. The monoisotopic (exact) mass is 165 g/mol. The zero-order valence-electron chi connectivity index (χ0n) is 7.66. The largest absolute Gasteiger partial charge is 0.502 e. The van der Waals surface area contributed by atoms with Gasteiger partial charge in [0.05, 0.1) is 12.9 Å². The lowest BCUT2D eigenvalue weighted by molar-refractivity contribution is 0.268. The van der Waals surface area contributed by atoms with Crippen molar-refractivity contribution in [2.75, 3.05) is 6.61 Å². The summed E-state index contributed by atoms with van der Waals surface area (Å²) in [6, 6.07) is 4.15. The molecule has 0 aliphatic rings. The van der Waals surface area contributed by atoms with E-state index >= 15 is 0 Å². The van der Waals surface area contributed by atoms with Gasteiger partial charge in [0.15, 0.2) is 0 Å². The maximum Gasteiger partial charge on any atom is 0.0845 e. The molecule has 2 nitrogen and oxygen atoms in total. The van der Waals surface area contributed by atoms with E-state index in [0.29, 0.717) is 0 Å². The number of hydrogen-bond acceptors (Lipinski definition) is 1. The SMILES string of the molecule is CCO/C=C/Cc1cccn1C. The van der Waals surface area contributed by atoms with Crippen molar-refractivity contribution < 1.29 is 4.74 Å². The Labute approximate surface area is 73.5 Å². The maximum atomic E-state index is 5.08. The van der Waals surface area contributed by atoms with Gasteiger partial charge in [-0.15, -0.1) is 0 Å². The lowest BCUT2D eigenvalue weighted by Crippen LogP contribution is -1.92. The normalized spacial score (nSPS) is 10.8. The molecule has 0 N–H and O–H groups in total. The van der Waals surface area contributed by atoms with Crippen molar-refractivity contribution in [3.05, 3.63) is 36.4 Å². The summed E-state index contributed by atoms with van der Waals surface area (Å²) in [6.45, 7) is 2.72. The van der Waals surface area contributed by atoms with Crippen LogP contribution in [0.1, 0.15) is 12.6 Å². The van der Waals surface area contributed by atoms with Gasteiger partial charge in [0.2, 0.25) is 0 Å². The zero-order chi connectivity index (χ0) is 8.81. The summed E-state index contributed by atoms with van der Waals surface area (Å²) in [7, 11) is 2.05. The van der Waals surface area contributed by atoms with E-state index in [4.69, 9.17) is 4.74 Å². The second-order valence-electron chi connectivity index (χ2n) is 2.64. The first-order chi connectivity index (χ1) is 5.84. The molecule has 0 spiro atoms. The lowest BCUT2D eigenvalue weighted by Gasteiger charge is -1.98. The van der Waals surface area contributed by atoms with Gasteiger partial charge >= 0.3 is 0 Å². The van der Waals surface area contributed by atoms with Gasteiger partial charge in [-0.2, -0.15) is 0 Å². The molecule has 0 fully saturated rings. The molecule has 0 bridgehead atoms. The van der Waals surface area contributed by atoms with Crippen LogP contribution in [-0.2, 0) is 18.2 Å². The first kappa shape index (κ1) is 8.91. The van der Waals surface area contributed by atoms with E-state index < -0.39 is 0 Å². The van der Waals surface area contributed by atoms with E-state index in [1.807, 2.05) is 32.3 Å². The van der Waals surface area contributed by atoms with Gasteiger partial charge in [0, 0.05) is 25.4 Å². The molecule has 1 rings (SSSR count). The Kier molecular flexibility index (Phi) is 3.45. The molecule has 0 amide bonds. The summed E-state index contributed by atoms with van der Waals surface area (Å²) in [5.74, 6) is 0. The zero-order valence-corrected chi connectivity index (χ0v) is 7.66. The molecule has 0 saturated heterocycles. The molecule has 1 aromatic rings. The fraction of sp³-hybridized carbons (Fsp3) is 0.400.